The van der Waals surface area contributed by atoms with E-state index in [1.54, 1.807) is 60.9 Å². The van der Waals surface area contributed by atoms with E-state index < -0.39 is 17.1 Å². The van der Waals surface area contributed by atoms with E-state index in [2.05, 4.69) is 10.3 Å². The summed E-state index contributed by atoms with van der Waals surface area (Å²) in [5.74, 6) is 0.688. The summed E-state index contributed by atoms with van der Waals surface area (Å²) >= 11 is 0.782. The largest absolute Gasteiger partial charge is 0.494 e. The molecule has 1 aliphatic heterocycles. The molecule has 37 heavy (non-hydrogen) atoms. The SMILES string of the molecule is CCOc1ccc(NC(=O)CN2C(=O)S/C(=C/c3ccc(OCc4ccncc4)c(OC)c3)C2=O)cc1. The number of nitrogens with zero attached hydrogens (tertiary/aromatic N) is 2. The second kappa shape index (κ2) is 12.1. The average molecular weight is 520 g/mol. The van der Waals surface area contributed by atoms with Gasteiger partial charge in [0.05, 0.1) is 18.6 Å². The standard InChI is InChI=1S/C27H25N3O6S/c1-3-35-21-7-5-20(6-8-21)29-25(31)16-30-26(32)24(37-27(30)33)15-19-4-9-22(23(14-19)34-2)36-17-18-10-12-28-13-11-18/h4-15H,3,16-17H2,1-2H3,(H,29,31)/b24-15+. The maximum Gasteiger partial charge on any atom is 0.294 e. The molecular formula is C27H25N3O6S. The lowest BCUT2D eigenvalue weighted by Crippen LogP contribution is -2.36. The molecule has 0 unspecified atom stereocenters. The van der Waals surface area contributed by atoms with Crippen molar-refractivity contribution in [1.82, 2.24) is 9.88 Å². The van der Waals surface area contributed by atoms with Crippen LogP contribution in [0, 0.1) is 0 Å². The number of nitrogens with one attached hydrogen (secondary N) is 1. The number of ether oxygens (including phenoxy) is 3. The van der Waals surface area contributed by atoms with Crippen molar-refractivity contribution in [3.05, 3.63) is 83.0 Å². The number of imide groups is 1. The van der Waals surface area contributed by atoms with Crippen molar-refractivity contribution in [2.75, 3.05) is 25.6 Å². The second-order valence-electron chi connectivity index (χ2n) is 7.83. The molecule has 10 heteroatoms. The van der Waals surface area contributed by atoms with Gasteiger partial charge in [0.2, 0.25) is 5.91 Å². The molecular weight excluding hydrogens is 494 g/mol. The molecule has 9 nitrogen and oxygen atoms in total. The number of rotatable bonds is 10. The van der Waals surface area contributed by atoms with Crippen LogP contribution in [0.4, 0.5) is 10.5 Å². The first-order valence-electron chi connectivity index (χ1n) is 11.4. The summed E-state index contributed by atoms with van der Waals surface area (Å²) in [6, 6.07) is 15.8. The van der Waals surface area contributed by atoms with E-state index in [1.807, 2.05) is 19.1 Å². The van der Waals surface area contributed by atoms with Crippen LogP contribution in [-0.4, -0.2) is 47.2 Å². The molecule has 1 aromatic heterocycles. The van der Waals surface area contributed by atoms with Gasteiger partial charge in [-0.2, -0.15) is 0 Å². The van der Waals surface area contributed by atoms with E-state index in [0.717, 1.165) is 22.2 Å². The van der Waals surface area contributed by atoms with Crippen molar-refractivity contribution in [3.63, 3.8) is 0 Å². The maximum atomic E-state index is 12.9. The molecule has 3 amide bonds. The van der Waals surface area contributed by atoms with E-state index in [4.69, 9.17) is 14.2 Å². The van der Waals surface area contributed by atoms with Gasteiger partial charge in [-0.05, 0) is 84.4 Å². The molecule has 0 radical (unpaired) electrons. The lowest BCUT2D eigenvalue weighted by atomic mass is 10.2. The number of carbonyl (C=O) groups excluding carboxylic acids is 3. The zero-order valence-electron chi connectivity index (χ0n) is 20.3. The van der Waals surface area contributed by atoms with Gasteiger partial charge in [-0.3, -0.25) is 24.3 Å². The van der Waals surface area contributed by atoms with Crippen molar-refractivity contribution in [1.29, 1.82) is 0 Å². The van der Waals surface area contributed by atoms with Crippen LogP contribution in [-0.2, 0) is 16.2 Å². The van der Waals surface area contributed by atoms with Gasteiger partial charge >= 0.3 is 0 Å². The number of carbonyl (C=O) groups is 3. The Morgan fingerprint density at radius 3 is 2.49 bits per heavy atom. The normalized spacial score (nSPS) is 14.1. The van der Waals surface area contributed by atoms with E-state index in [9.17, 15) is 14.4 Å². The van der Waals surface area contributed by atoms with Crippen LogP contribution in [0.25, 0.3) is 6.08 Å². The molecule has 190 valence electrons. The van der Waals surface area contributed by atoms with Gasteiger partial charge in [0.15, 0.2) is 11.5 Å². The second-order valence-corrected chi connectivity index (χ2v) is 8.82. The Morgan fingerprint density at radius 1 is 1.03 bits per heavy atom. The zero-order valence-corrected chi connectivity index (χ0v) is 21.1. The van der Waals surface area contributed by atoms with Gasteiger partial charge in [-0.15, -0.1) is 0 Å². The summed E-state index contributed by atoms with van der Waals surface area (Å²) < 4.78 is 16.7. The first kappa shape index (κ1) is 25.8. The van der Waals surface area contributed by atoms with Gasteiger partial charge in [0, 0.05) is 18.1 Å². The lowest BCUT2D eigenvalue weighted by molar-refractivity contribution is -0.127. The molecule has 2 aromatic carbocycles. The van der Waals surface area contributed by atoms with Crippen LogP contribution in [0.5, 0.6) is 17.2 Å². The lowest BCUT2D eigenvalue weighted by Gasteiger charge is -2.13. The number of methoxy groups -OCH3 is 1. The van der Waals surface area contributed by atoms with Crippen LogP contribution >= 0.6 is 11.8 Å². The molecule has 0 atom stereocenters. The van der Waals surface area contributed by atoms with Gasteiger partial charge in [-0.25, -0.2) is 0 Å². The number of aromatic nitrogens is 1. The van der Waals surface area contributed by atoms with Crippen molar-refractivity contribution in [2.45, 2.75) is 13.5 Å². The van der Waals surface area contributed by atoms with Gasteiger partial charge < -0.3 is 19.5 Å². The van der Waals surface area contributed by atoms with Crippen molar-refractivity contribution in [3.8, 4) is 17.2 Å². The number of anilines is 1. The Kier molecular flexibility index (Phi) is 8.42. The summed E-state index contributed by atoms with van der Waals surface area (Å²) in [5.41, 5.74) is 2.15. The highest BCUT2D eigenvalue weighted by molar-refractivity contribution is 8.18. The number of hydrogen-bond donors (Lipinski definition) is 1. The number of thioether (sulfide) groups is 1. The Labute approximate surface area is 218 Å². The molecule has 0 aliphatic carbocycles. The Bertz CT molecular complexity index is 1310. The summed E-state index contributed by atoms with van der Waals surface area (Å²) in [5, 5.41) is 2.17. The first-order chi connectivity index (χ1) is 18.0. The maximum absolute atomic E-state index is 12.9. The summed E-state index contributed by atoms with van der Waals surface area (Å²) in [4.78, 5) is 42.9. The smallest absolute Gasteiger partial charge is 0.294 e. The zero-order chi connectivity index (χ0) is 26.2. The third kappa shape index (κ3) is 6.68. The Morgan fingerprint density at radius 2 is 1.78 bits per heavy atom. The fourth-order valence-electron chi connectivity index (χ4n) is 3.47. The molecule has 4 rings (SSSR count). The minimum absolute atomic E-state index is 0.214. The third-order valence-electron chi connectivity index (χ3n) is 5.25. The minimum atomic E-state index is -0.533. The van der Waals surface area contributed by atoms with Crippen molar-refractivity contribution < 1.29 is 28.6 Å². The number of pyridine rings is 1. The van der Waals surface area contributed by atoms with Gasteiger partial charge in [0.1, 0.15) is 18.9 Å². The van der Waals surface area contributed by atoms with Crippen LogP contribution in [0.1, 0.15) is 18.1 Å². The fourth-order valence-corrected chi connectivity index (χ4v) is 4.30. The summed E-state index contributed by atoms with van der Waals surface area (Å²) in [6.07, 6.45) is 4.97. The summed E-state index contributed by atoms with van der Waals surface area (Å²) in [6.45, 7) is 2.37. The Hall–Kier alpha value is -4.31. The van der Waals surface area contributed by atoms with Gasteiger partial charge in [0.25, 0.3) is 11.1 Å². The Balaban J connectivity index is 1.39. The highest BCUT2D eigenvalue weighted by Gasteiger charge is 2.36. The molecule has 2 heterocycles. The number of amides is 3. The fraction of sp³-hybridized carbons (Fsp3) is 0.185. The average Bonchev–Trinajstić information content (AvgIpc) is 3.16. The van der Waals surface area contributed by atoms with E-state index in [-0.39, 0.29) is 11.4 Å². The van der Waals surface area contributed by atoms with Crippen molar-refractivity contribution >= 4 is 40.6 Å². The third-order valence-corrected chi connectivity index (χ3v) is 6.16. The number of hydrogen-bond acceptors (Lipinski definition) is 8. The van der Waals surface area contributed by atoms with Gasteiger partial charge in [-0.1, -0.05) is 6.07 Å². The molecule has 1 saturated heterocycles. The molecule has 1 N–H and O–H groups in total. The monoisotopic (exact) mass is 519 g/mol. The highest BCUT2D eigenvalue weighted by Crippen LogP contribution is 2.34. The minimum Gasteiger partial charge on any atom is -0.494 e. The van der Waals surface area contributed by atoms with E-state index in [1.165, 1.54) is 7.11 Å². The number of benzene rings is 2. The van der Waals surface area contributed by atoms with Crippen LogP contribution < -0.4 is 19.5 Å². The molecule has 3 aromatic rings. The van der Waals surface area contributed by atoms with Crippen LogP contribution in [0.2, 0.25) is 0 Å². The van der Waals surface area contributed by atoms with E-state index >= 15 is 0 Å². The predicted molar refractivity (Wildman–Crippen MR) is 140 cm³/mol. The molecule has 0 saturated carbocycles. The molecule has 1 fully saturated rings. The van der Waals surface area contributed by atoms with E-state index in [0.29, 0.717) is 41.7 Å². The topological polar surface area (TPSA) is 107 Å². The summed E-state index contributed by atoms with van der Waals surface area (Å²) in [7, 11) is 1.52. The first-order valence-corrected chi connectivity index (χ1v) is 12.3. The molecule has 0 bridgehead atoms. The van der Waals surface area contributed by atoms with Crippen LogP contribution in [0.15, 0.2) is 71.9 Å². The van der Waals surface area contributed by atoms with Crippen LogP contribution in [0.3, 0.4) is 0 Å². The predicted octanol–water partition coefficient (Wildman–Crippen LogP) is 4.74. The van der Waals surface area contributed by atoms with Crippen molar-refractivity contribution in [2.24, 2.45) is 0 Å². The molecule has 1 aliphatic rings. The quantitative estimate of drug-likeness (QED) is 0.383. The highest BCUT2D eigenvalue weighted by atomic mass is 32.2. The molecule has 0 spiro atoms.